The molecule has 0 radical (unpaired) electrons. The van der Waals surface area contributed by atoms with Gasteiger partial charge in [0.25, 0.3) is 0 Å². The molecule has 4 nitrogen and oxygen atoms in total. The van der Waals surface area contributed by atoms with E-state index in [9.17, 15) is 9.59 Å². The van der Waals surface area contributed by atoms with Gasteiger partial charge in [0.1, 0.15) is 0 Å². The number of carboxylic acids is 1. The zero-order valence-electron chi connectivity index (χ0n) is 13.4. The lowest BCUT2D eigenvalue weighted by molar-refractivity contribution is -0.163. The van der Waals surface area contributed by atoms with Crippen LogP contribution < -0.4 is 0 Å². The van der Waals surface area contributed by atoms with E-state index in [4.69, 9.17) is 9.84 Å². The van der Waals surface area contributed by atoms with Crippen molar-refractivity contribution < 1.29 is 19.4 Å². The van der Waals surface area contributed by atoms with Crippen molar-refractivity contribution in [3.05, 3.63) is 0 Å². The first-order valence-electron chi connectivity index (χ1n) is 7.77. The summed E-state index contributed by atoms with van der Waals surface area (Å²) in [5, 5.41) is 9.10. The standard InChI is InChI=1S/C16H30O4/c1-5-7-8-9-10-16(6-2,11-14(17)18)15(19)20-12-13(3)4/h13H,5-12H2,1-4H3,(H,17,18). The van der Waals surface area contributed by atoms with Gasteiger partial charge in [-0.2, -0.15) is 0 Å². The zero-order valence-corrected chi connectivity index (χ0v) is 13.4. The smallest absolute Gasteiger partial charge is 0.312 e. The largest absolute Gasteiger partial charge is 0.481 e. The maximum atomic E-state index is 12.3. The summed E-state index contributed by atoms with van der Waals surface area (Å²) in [5.41, 5.74) is -0.853. The van der Waals surface area contributed by atoms with Crippen molar-refractivity contribution in [1.82, 2.24) is 0 Å². The maximum Gasteiger partial charge on any atom is 0.312 e. The summed E-state index contributed by atoms with van der Waals surface area (Å²) in [5.74, 6) is -1.00. The van der Waals surface area contributed by atoms with Gasteiger partial charge < -0.3 is 9.84 Å². The summed E-state index contributed by atoms with van der Waals surface area (Å²) in [6, 6.07) is 0. The maximum absolute atomic E-state index is 12.3. The third-order valence-corrected chi connectivity index (χ3v) is 3.66. The molecule has 0 fully saturated rings. The minimum absolute atomic E-state index is 0.132. The van der Waals surface area contributed by atoms with Crippen LogP contribution in [-0.2, 0) is 14.3 Å². The molecule has 118 valence electrons. The van der Waals surface area contributed by atoms with Crippen molar-refractivity contribution in [2.75, 3.05) is 6.61 Å². The number of carbonyl (C=O) groups is 2. The number of hydrogen-bond acceptors (Lipinski definition) is 3. The highest BCUT2D eigenvalue weighted by atomic mass is 16.5. The van der Waals surface area contributed by atoms with Crippen LogP contribution in [-0.4, -0.2) is 23.7 Å². The van der Waals surface area contributed by atoms with Crippen LogP contribution in [0.3, 0.4) is 0 Å². The fourth-order valence-electron chi connectivity index (χ4n) is 2.28. The van der Waals surface area contributed by atoms with Crippen molar-refractivity contribution >= 4 is 11.9 Å². The predicted octanol–water partition coefficient (Wildman–Crippen LogP) is 4.03. The first-order chi connectivity index (χ1) is 9.38. The van der Waals surface area contributed by atoms with E-state index in [1.807, 2.05) is 20.8 Å². The van der Waals surface area contributed by atoms with E-state index in [2.05, 4.69) is 6.92 Å². The Balaban J connectivity index is 4.72. The monoisotopic (exact) mass is 286 g/mol. The molecule has 20 heavy (non-hydrogen) atoms. The highest BCUT2D eigenvalue weighted by Gasteiger charge is 2.40. The topological polar surface area (TPSA) is 63.6 Å². The summed E-state index contributed by atoms with van der Waals surface area (Å²) < 4.78 is 5.32. The Morgan fingerprint density at radius 3 is 2.25 bits per heavy atom. The lowest BCUT2D eigenvalue weighted by atomic mass is 9.77. The summed E-state index contributed by atoms with van der Waals surface area (Å²) in [4.78, 5) is 23.4. The summed E-state index contributed by atoms with van der Waals surface area (Å²) in [7, 11) is 0. The predicted molar refractivity (Wildman–Crippen MR) is 79.5 cm³/mol. The van der Waals surface area contributed by atoms with Crippen molar-refractivity contribution in [3.63, 3.8) is 0 Å². The third kappa shape index (κ3) is 6.92. The van der Waals surface area contributed by atoms with Gasteiger partial charge in [-0.15, -0.1) is 0 Å². The molecule has 1 unspecified atom stereocenters. The van der Waals surface area contributed by atoms with E-state index < -0.39 is 11.4 Å². The molecule has 0 saturated heterocycles. The third-order valence-electron chi connectivity index (χ3n) is 3.66. The fourth-order valence-corrected chi connectivity index (χ4v) is 2.28. The van der Waals surface area contributed by atoms with Crippen molar-refractivity contribution in [1.29, 1.82) is 0 Å². The second-order valence-corrected chi connectivity index (χ2v) is 6.01. The number of rotatable bonds is 11. The van der Waals surface area contributed by atoms with Gasteiger partial charge in [0.05, 0.1) is 18.4 Å². The van der Waals surface area contributed by atoms with Gasteiger partial charge in [-0.25, -0.2) is 0 Å². The van der Waals surface area contributed by atoms with Gasteiger partial charge in [0.2, 0.25) is 0 Å². The summed E-state index contributed by atoms with van der Waals surface area (Å²) in [6.45, 7) is 8.30. The molecule has 0 aliphatic rings. The van der Waals surface area contributed by atoms with E-state index in [1.54, 1.807) is 0 Å². The molecule has 4 heteroatoms. The van der Waals surface area contributed by atoms with Crippen molar-refractivity contribution in [2.24, 2.45) is 11.3 Å². The minimum Gasteiger partial charge on any atom is -0.481 e. The van der Waals surface area contributed by atoms with Gasteiger partial charge in [-0.3, -0.25) is 9.59 Å². The molecule has 1 N–H and O–H groups in total. The van der Waals surface area contributed by atoms with E-state index >= 15 is 0 Å². The average Bonchev–Trinajstić information content (AvgIpc) is 2.39. The number of hydrogen-bond donors (Lipinski definition) is 1. The molecule has 0 amide bonds. The molecule has 0 aliphatic heterocycles. The van der Waals surface area contributed by atoms with Gasteiger partial charge in [-0.1, -0.05) is 53.4 Å². The van der Waals surface area contributed by atoms with Crippen LogP contribution in [0.2, 0.25) is 0 Å². The Bertz CT molecular complexity index is 299. The number of esters is 1. The average molecular weight is 286 g/mol. The number of ether oxygens (including phenoxy) is 1. The summed E-state index contributed by atoms with van der Waals surface area (Å²) in [6.07, 6.45) is 5.15. The van der Waals surface area contributed by atoms with E-state index in [0.29, 0.717) is 19.4 Å². The quantitative estimate of drug-likeness (QED) is 0.460. The first-order valence-corrected chi connectivity index (χ1v) is 7.77. The van der Waals surface area contributed by atoms with Crippen molar-refractivity contribution in [3.8, 4) is 0 Å². The normalized spacial score (nSPS) is 14.1. The Morgan fingerprint density at radius 2 is 1.80 bits per heavy atom. The molecule has 0 aliphatic carbocycles. The lowest BCUT2D eigenvalue weighted by Crippen LogP contribution is -2.35. The molecule has 0 aromatic carbocycles. The zero-order chi connectivity index (χ0) is 15.6. The van der Waals surface area contributed by atoms with Gasteiger partial charge in [0.15, 0.2) is 0 Å². The second-order valence-electron chi connectivity index (χ2n) is 6.01. The van der Waals surface area contributed by atoms with Gasteiger partial charge >= 0.3 is 11.9 Å². The molecule has 0 saturated carbocycles. The molecule has 0 aromatic rings. The number of carboxylic acid groups (broad SMARTS) is 1. The molecule has 0 spiro atoms. The van der Waals surface area contributed by atoms with Crippen LogP contribution in [0, 0.1) is 11.3 Å². The van der Waals surface area contributed by atoms with Crippen molar-refractivity contribution in [2.45, 2.75) is 72.6 Å². The SMILES string of the molecule is CCCCCCC(CC)(CC(=O)O)C(=O)OCC(C)C. The van der Waals surface area contributed by atoms with Crippen LogP contribution in [0.5, 0.6) is 0 Å². The summed E-state index contributed by atoms with van der Waals surface area (Å²) >= 11 is 0. The lowest BCUT2D eigenvalue weighted by Gasteiger charge is -2.29. The van der Waals surface area contributed by atoms with Crippen LogP contribution in [0.15, 0.2) is 0 Å². The minimum atomic E-state index is -0.927. The Morgan fingerprint density at radius 1 is 1.15 bits per heavy atom. The Hall–Kier alpha value is -1.06. The van der Waals surface area contributed by atoms with Crippen LogP contribution >= 0.6 is 0 Å². The van der Waals surface area contributed by atoms with E-state index in [-0.39, 0.29) is 18.3 Å². The molecule has 0 heterocycles. The Labute approximate surface area is 122 Å². The highest BCUT2D eigenvalue weighted by molar-refractivity contribution is 5.82. The van der Waals surface area contributed by atoms with E-state index in [1.165, 1.54) is 0 Å². The van der Waals surface area contributed by atoms with Crippen LogP contribution in [0.4, 0.5) is 0 Å². The molecular weight excluding hydrogens is 256 g/mol. The van der Waals surface area contributed by atoms with Crippen LogP contribution in [0.25, 0.3) is 0 Å². The second kappa shape index (κ2) is 9.78. The molecule has 0 rings (SSSR count). The molecule has 0 bridgehead atoms. The molecular formula is C16H30O4. The van der Waals surface area contributed by atoms with Gasteiger partial charge in [-0.05, 0) is 18.8 Å². The fraction of sp³-hybridized carbons (Fsp3) is 0.875. The Kier molecular flexibility index (Phi) is 9.26. The number of unbranched alkanes of at least 4 members (excludes halogenated alkanes) is 3. The number of aliphatic carboxylic acids is 1. The van der Waals surface area contributed by atoms with E-state index in [0.717, 1.165) is 25.7 Å². The number of carbonyl (C=O) groups excluding carboxylic acids is 1. The highest BCUT2D eigenvalue weighted by Crippen LogP contribution is 2.35. The molecule has 0 aromatic heterocycles. The molecule has 1 atom stereocenters. The first kappa shape index (κ1) is 18.9. The van der Waals surface area contributed by atoms with Gasteiger partial charge in [0, 0.05) is 0 Å². The van der Waals surface area contributed by atoms with Crippen LogP contribution in [0.1, 0.15) is 72.6 Å².